The molecular formula is C21H31ClN4O3. The molecule has 0 spiro atoms. The second-order valence-electron chi connectivity index (χ2n) is 7.78. The minimum Gasteiger partial charge on any atom is -0.492 e. The number of hydrogen-bond acceptors (Lipinski definition) is 5. The lowest BCUT2D eigenvalue weighted by Crippen LogP contribution is -2.52. The molecule has 1 heterocycles. The molecule has 2 N–H and O–H groups in total. The summed E-state index contributed by atoms with van der Waals surface area (Å²) in [5, 5.41) is 6.08. The van der Waals surface area contributed by atoms with Crippen LogP contribution in [0.15, 0.2) is 24.3 Å². The number of imide groups is 1. The Bertz CT molecular complexity index is 656. The number of halogens is 1. The molecular weight excluding hydrogens is 392 g/mol. The molecule has 1 aromatic carbocycles. The number of nitrogens with zero attached hydrogens (tertiary/aromatic N) is 2. The molecule has 3 rings (SSSR count). The zero-order valence-electron chi connectivity index (χ0n) is 16.9. The number of piperazine rings is 1. The number of carbonyl (C=O) groups excluding carboxylic acids is 2. The number of carbonyl (C=O) groups is 2. The van der Waals surface area contributed by atoms with Crippen molar-refractivity contribution in [2.75, 3.05) is 45.9 Å². The molecule has 1 aliphatic heterocycles. The topological polar surface area (TPSA) is 73.9 Å². The van der Waals surface area contributed by atoms with E-state index in [0.717, 1.165) is 64.2 Å². The van der Waals surface area contributed by atoms with E-state index in [1.54, 1.807) is 0 Å². The van der Waals surface area contributed by atoms with Gasteiger partial charge in [0.2, 0.25) is 5.91 Å². The quantitative estimate of drug-likeness (QED) is 0.706. The van der Waals surface area contributed by atoms with Gasteiger partial charge in [0, 0.05) is 43.8 Å². The van der Waals surface area contributed by atoms with E-state index >= 15 is 0 Å². The Hall–Kier alpha value is -1.83. The van der Waals surface area contributed by atoms with Gasteiger partial charge in [-0.3, -0.25) is 19.9 Å². The molecule has 8 heteroatoms. The van der Waals surface area contributed by atoms with Crippen LogP contribution in [0, 0.1) is 0 Å². The minimum absolute atomic E-state index is 0.204. The zero-order valence-corrected chi connectivity index (χ0v) is 17.6. The van der Waals surface area contributed by atoms with E-state index < -0.39 is 0 Å². The smallest absolute Gasteiger partial charge is 0.321 e. The highest BCUT2D eigenvalue weighted by atomic mass is 35.5. The molecule has 3 amide bonds. The Morgan fingerprint density at radius 3 is 2.34 bits per heavy atom. The van der Waals surface area contributed by atoms with Crippen molar-refractivity contribution in [2.45, 2.75) is 38.1 Å². The van der Waals surface area contributed by atoms with Crippen molar-refractivity contribution in [3.63, 3.8) is 0 Å². The average Bonchev–Trinajstić information content (AvgIpc) is 2.71. The lowest BCUT2D eigenvalue weighted by atomic mass is 9.96. The molecule has 160 valence electrons. The van der Waals surface area contributed by atoms with E-state index in [4.69, 9.17) is 16.3 Å². The number of nitrogens with one attached hydrogen (secondary N) is 2. The van der Waals surface area contributed by atoms with Gasteiger partial charge >= 0.3 is 6.03 Å². The first-order chi connectivity index (χ1) is 14.1. The Balaban J connectivity index is 1.27. The highest BCUT2D eigenvalue weighted by Crippen LogP contribution is 2.17. The van der Waals surface area contributed by atoms with E-state index in [-0.39, 0.29) is 24.5 Å². The molecule has 1 saturated carbocycles. The standard InChI is InChI=1S/C21H31ClN4O3/c22-17-6-8-19(9-7-17)29-15-14-25-10-12-26(13-11-25)16-20(27)24-21(28)23-18-4-2-1-3-5-18/h6-9,18H,1-5,10-16H2,(H2,23,24,27,28). The summed E-state index contributed by atoms with van der Waals surface area (Å²) in [4.78, 5) is 28.5. The highest BCUT2D eigenvalue weighted by Gasteiger charge is 2.21. The molecule has 2 aliphatic rings. The Labute approximate surface area is 177 Å². The Morgan fingerprint density at radius 2 is 1.66 bits per heavy atom. The molecule has 1 aromatic rings. The summed E-state index contributed by atoms with van der Waals surface area (Å²) in [6.07, 6.45) is 5.54. The molecule has 0 aromatic heterocycles. The van der Waals surface area contributed by atoms with Crippen LogP contribution in [-0.4, -0.2) is 73.7 Å². The number of hydrogen-bond donors (Lipinski definition) is 2. The van der Waals surface area contributed by atoms with E-state index in [1.165, 1.54) is 6.42 Å². The number of rotatable bonds is 7. The van der Waals surface area contributed by atoms with Crippen LogP contribution in [0.3, 0.4) is 0 Å². The summed E-state index contributed by atoms with van der Waals surface area (Å²) in [5.74, 6) is 0.578. The Kier molecular flexibility index (Phi) is 8.58. The fourth-order valence-electron chi connectivity index (χ4n) is 3.83. The van der Waals surface area contributed by atoms with Crippen molar-refractivity contribution in [2.24, 2.45) is 0 Å². The van der Waals surface area contributed by atoms with Crippen LogP contribution < -0.4 is 15.4 Å². The first kappa shape index (κ1) is 21.9. The van der Waals surface area contributed by atoms with Gasteiger partial charge in [-0.05, 0) is 37.1 Å². The monoisotopic (exact) mass is 422 g/mol. The van der Waals surface area contributed by atoms with E-state index in [0.29, 0.717) is 11.6 Å². The normalized spacial score (nSPS) is 18.9. The van der Waals surface area contributed by atoms with Gasteiger partial charge in [0.15, 0.2) is 0 Å². The molecule has 2 fully saturated rings. The third-order valence-corrected chi connectivity index (χ3v) is 5.77. The van der Waals surface area contributed by atoms with Gasteiger partial charge in [-0.2, -0.15) is 0 Å². The van der Waals surface area contributed by atoms with Crippen molar-refractivity contribution in [3.05, 3.63) is 29.3 Å². The first-order valence-corrected chi connectivity index (χ1v) is 10.9. The predicted molar refractivity (Wildman–Crippen MR) is 113 cm³/mol. The van der Waals surface area contributed by atoms with Crippen LogP contribution >= 0.6 is 11.6 Å². The largest absolute Gasteiger partial charge is 0.492 e. The van der Waals surface area contributed by atoms with Crippen molar-refractivity contribution in [1.82, 2.24) is 20.4 Å². The van der Waals surface area contributed by atoms with Crippen molar-refractivity contribution < 1.29 is 14.3 Å². The number of ether oxygens (including phenoxy) is 1. The van der Waals surface area contributed by atoms with Crippen LogP contribution in [0.4, 0.5) is 4.79 Å². The fourth-order valence-corrected chi connectivity index (χ4v) is 3.96. The van der Waals surface area contributed by atoms with Crippen LogP contribution in [0.1, 0.15) is 32.1 Å². The summed E-state index contributed by atoms with van der Waals surface area (Å²) in [5.41, 5.74) is 0. The van der Waals surface area contributed by atoms with Crippen molar-refractivity contribution >= 4 is 23.5 Å². The van der Waals surface area contributed by atoms with Crippen LogP contribution in [-0.2, 0) is 4.79 Å². The van der Waals surface area contributed by atoms with Gasteiger partial charge in [-0.25, -0.2) is 4.79 Å². The van der Waals surface area contributed by atoms with Gasteiger partial charge in [0.1, 0.15) is 12.4 Å². The highest BCUT2D eigenvalue weighted by molar-refractivity contribution is 6.30. The summed E-state index contributed by atoms with van der Waals surface area (Å²) in [6.45, 7) is 5.08. The summed E-state index contributed by atoms with van der Waals surface area (Å²) in [6, 6.07) is 7.20. The number of urea groups is 1. The molecule has 1 aliphatic carbocycles. The first-order valence-electron chi connectivity index (χ1n) is 10.5. The number of amides is 3. The second-order valence-corrected chi connectivity index (χ2v) is 8.21. The molecule has 0 atom stereocenters. The fraction of sp³-hybridized carbons (Fsp3) is 0.619. The second kappa shape index (κ2) is 11.4. The third kappa shape index (κ3) is 7.84. The van der Waals surface area contributed by atoms with Crippen molar-refractivity contribution in [1.29, 1.82) is 0 Å². The van der Waals surface area contributed by atoms with Gasteiger partial charge in [0.05, 0.1) is 6.54 Å². The maximum atomic E-state index is 12.1. The Morgan fingerprint density at radius 1 is 1.00 bits per heavy atom. The number of benzene rings is 1. The molecule has 0 radical (unpaired) electrons. The van der Waals surface area contributed by atoms with E-state index in [9.17, 15) is 9.59 Å². The average molecular weight is 423 g/mol. The molecule has 0 bridgehead atoms. The van der Waals surface area contributed by atoms with Gasteiger partial charge < -0.3 is 10.1 Å². The summed E-state index contributed by atoms with van der Waals surface area (Å²) < 4.78 is 5.74. The molecule has 7 nitrogen and oxygen atoms in total. The van der Waals surface area contributed by atoms with Gasteiger partial charge in [-0.1, -0.05) is 30.9 Å². The molecule has 0 unspecified atom stereocenters. The lowest BCUT2D eigenvalue weighted by molar-refractivity contribution is -0.121. The maximum Gasteiger partial charge on any atom is 0.321 e. The SMILES string of the molecule is O=C(CN1CCN(CCOc2ccc(Cl)cc2)CC1)NC(=O)NC1CCCCC1. The third-order valence-electron chi connectivity index (χ3n) is 5.52. The predicted octanol–water partition coefficient (Wildman–Crippen LogP) is 2.49. The molecule has 29 heavy (non-hydrogen) atoms. The molecule has 1 saturated heterocycles. The van der Waals surface area contributed by atoms with Crippen LogP contribution in [0.25, 0.3) is 0 Å². The van der Waals surface area contributed by atoms with Gasteiger partial charge in [-0.15, -0.1) is 0 Å². The van der Waals surface area contributed by atoms with Crippen LogP contribution in [0.5, 0.6) is 5.75 Å². The summed E-state index contributed by atoms with van der Waals surface area (Å²) in [7, 11) is 0. The van der Waals surface area contributed by atoms with E-state index in [2.05, 4.69) is 20.4 Å². The lowest BCUT2D eigenvalue weighted by Gasteiger charge is -2.34. The minimum atomic E-state index is -0.361. The zero-order chi connectivity index (χ0) is 20.5. The van der Waals surface area contributed by atoms with E-state index in [1.807, 2.05) is 24.3 Å². The summed E-state index contributed by atoms with van der Waals surface area (Å²) >= 11 is 5.87. The van der Waals surface area contributed by atoms with Crippen molar-refractivity contribution in [3.8, 4) is 5.75 Å². The van der Waals surface area contributed by atoms with Gasteiger partial charge in [0.25, 0.3) is 0 Å². The maximum absolute atomic E-state index is 12.1. The van der Waals surface area contributed by atoms with Crippen LogP contribution in [0.2, 0.25) is 5.02 Å².